The number of carbonyl (C=O) groups excluding carboxylic acids is 1. The first kappa shape index (κ1) is 16.5. The lowest BCUT2D eigenvalue weighted by Gasteiger charge is -2.07. The quantitative estimate of drug-likeness (QED) is 0.699. The molecule has 0 saturated carbocycles. The van der Waals surface area contributed by atoms with Crippen LogP contribution in [0.15, 0.2) is 33.7 Å². The molecule has 3 heterocycles. The summed E-state index contributed by atoms with van der Waals surface area (Å²) >= 11 is 0. The van der Waals surface area contributed by atoms with Crippen LogP contribution in [0.5, 0.6) is 0 Å². The lowest BCUT2D eigenvalue weighted by atomic mass is 10.1. The first-order chi connectivity index (χ1) is 12.0. The fraction of sp³-hybridized carbons (Fsp3) is 0.250. The number of amides is 1. The molecular formula is C16H16N6O3. The van der Waals surface area contributed by atoms with E-state index in [4.69, 9.17) is 4.42 Å². The Morgan fingerprint density at radius 2 is 2.16 bits per heavy atom. The van der Waals surface area contributed by atoms with Gasteiger partial charge in [0.05, 0.1) is 13.0 Å². The molecule has 128 valence electrons. The van der Waals surface area contributed by atoms with Gasteiger partial charge in [-0.05, 0) is 19.1 Å². The van der Waals surface area contributed by atoms with Gasteiger partial charge < -0.3 is 14.7 Å². The van der Waals surface area contributed by atoms with E-state index in [9.17, 15) is 9.59 Å². The number of aromatic amines is 1. The zero-order chi connectivity index (χ0) is 17.8. The number of pyridine rings is 1. The van der Waals surface area contributed by atoms with Crippen molar-refractivity contribution in [2.75, 3.05) is 0 Å². The topological polar surface area (TPSA) is 127 Å². The smallest absolute Gasteiger partial charge is 0.255 e. The second-order valence-corrected chi connectivity index (χ2v) is 5.39. The molecule has 0 aromatic carbocycles. The minimum Gasteiger partial charge on any atom is -0.424 e. The van der Waals surface area contributed by atoms with Crippen LogP contribution in [0.4, 0.5) is 0 Å². The van der Waals surface area contributed by atoms with Gasteiger partial charge in [-0.1, -0.05) is 0 Å². The summed E-state index contributed by atoms with van der Waals surface area (Å²) in [5.41, 5.74) is 1.15. The third-order valence-corrected chi connectivity index (χ3v) is 3.50. The van der Waals surface area contributed by atoms with Crippen molar-refractivity contribution in [2.45, 2.75) is 26.8 Å². The van der Waals surface area contributed by atoms with Crippen LogP contribution in [-0.2, 0) is 17.8 Å². The Balaban J connectivity index is 1.72. The second-order valence-electron chi connectivity index (χ2n) is 5.39. The number of aryl methyl sites for hydroxylation is 2. The molecule has 0 saturated heterocycles. The summed E-state index contributed by atoms with van der Waals surface area (Å²) in [6.07, 6.45) is 3.16. The summed E-state index contributed by atoms with van der Waals surface area (Å²) < 4.78 is 5.17. The Morgan fingerprint density at radius 3 is 2.80 bits per heavy atom. The van der Waals surface area contributed by atoms with Crippen LogP contribution in [0.3, 0.4) is 0 Å². The molecule has 0 unspecified atom stereocenters. The third kappa shape index (κ3) is 3.94. The average Bonchev–Trinajstić information content (AvgIpc) is 3.02. The monoisotopic (exact) mass is 340 g/mol. The van der Waals surface area contributed by atoms with E-state index in [0.29, 0.717) is 34.4 Å². The molecule has 0 aliphatic rings. The van der Waals surface area contributed by atoms with Crippen molar-refractivity contribution < 1.29 is 9.21 Å². The van der Waals surface area contributed by atoms with E-state index in [1.165, 1.54) is 0 Å². The molecule has 25 heavy (non-hydrogen) atoms. The number of H-pyrrole nitrogens is 1. The highest BCUT2D eigenvalue weighted by molar-refractivity contribution is 5.78. The normalized spacial score (nSPS) is 10.6. The lowest BCUT2D eigenvalue weighted by Crippen LogP contribution is -2.29. The molecule has 0 atom stereocenters. The van der Waals surface area contributed by atoms with E-state index in [1.807, 2.05) is 0 Å². The Morgan fingerprint density at radius 1 is 1.32 bits per heavy atom. The number of aromatic nitrogens is 5. The summed E-state index contributed by atoms with van der Waals surface area (Å²) in [7, 11) is 0. The van der Waals surface area contributed by atoms with E-state index in [2.05, 4.69) is 30.5 Å². The average molecular weight is 340 g/mol. The maximum Gasteiger partial charge on any atom is 0.255 e. The van der Waals surface area contributed by atoms with Crippen LogP contribution in [0.25, 0.3) is 11.4 Å². The largest absolute Gasteiger partial charge is 0.424 e. The van der Waals surface area contributed by atoms with Crippen molar-refractivity contribution in [2.24, 2.45) is 0 Å². The van der Waals surface area contributed by atoms with Crippen LogP contribution < -0.4 is 10.9 Å². The molecule has 0 bridgehead atoms. The Labute approximate surface area is 142 Å². The molecule has 0 aliphatic carbocycles. The van der Waals surface area contributed by atoms with E-state index in [-0.39, 0.29) is 24.4 Å². The predicted molar refractivity (Wildman–Crippen MR) is 87.4 cm³/mol. The van der Waals surface area contributed by atoms with Gasteiger partial charge >= 0.3 is 0 Å². The lowest BCUT2D eigenvalue weighted by molar-refractivity contribution is -0.120. The molecule has 3 aromatic heterocycles. The maximum atomic E-state index is 12.3. The van der Waals surface area contributed by atoms with Gasteiger partial charge in [0.1, 0.15) is 5.82 Å². The molecule has 3 rings (SSSR count). The first-order valence-electron chi connectivity index (χ1n) is 7.59. The highest BCUT2D eigenvalue weighted by Crippen LogP contribution is 2.12. The SMILES string of the molecule is Cc1nnc(CNC(=O)Cc2c(C)nc(-c3cccnc3)[nH]c2=O)o1. The molecule has 1 amide bonds. The number of nitrogens with zero attached hydrogens (tertiary/aromatic N) is 4. The third-order valence-electron chi connectivity index (χ3n) is 3.50. The Hall–Kier alpha value is -3.36. The molecule has 9 nitrogen and oxygen atoms in total. The van der Waals surface area contributed by atoms with Gasteiger partial charge in [-0.25, -0.2) is 4.98 Å². The molecular weight excluding hydrogens is 324 g/mol. The standard InChI is InChI=1S/C16H16N6O3/c1-9-12(6-13(23)18-8-14-22-21-10(2)25-14)16(24)20-15(19-9)11-4-3-5-17-7-11/h3-5,7H,6,8H2,1-2H3,(H,18,23)(H,19,20,24). The van der Waals surface area contributed by atoms with Crippen molar-refractivity contribution in [3.8, 4) is 11.4 Å². The van der Waals surface area contributed by atoms with E-state index >= 15 is 0 Å². The highest BCUT2D eigenvalue weighted by Gasteiger charge is 2.14. The molecule has 9 heteroatoms. The van der Waals surface area contributed by atoms with Gasteiger partial charge in [0.2, 0.25) is 17.7 Å². The van der Waals surface area contributed by atoms with Gasteiger partial charge in [-0.3, -0.25) is 14.6 Å². The minimum atomic E-state index is -0.352. The van der Waals surface area contributed by atoms with Crippen LogP contribution >= 0.6 is 0 Å². The summed E-state index contributed by atoms with van der Waals surface area (Å²) in [5.74, 6) is 0.815. The van der Waals surface area contributed by atoms with Crippen molar-refractivity contribution in [3.63, 3.8) is 0 Å². The molecule has 0 aliphatic heterocycles. The number of hydrogen-bond donors (Lipinski definition) is 2. The van der Waals surface area contributed by atoms with Gasteiger partial charge in [0, 0.05) is 36.1 Å². The number of rotatable bonds is 5. The second kappa shape index (κ2) is 7.04. The van der Waals surface area contributed by atoms with Crippen LogP contribution in [0, 0.1) is 13.8 Å². The van der Waals surface area contributed by atoms with E-state index in [1.54, 1.807) is 38.4 Å². The summed E-state index contributed by atoms with van der Waals surface area (Å²) in [5, 5.41) is 10.1. The molecule has 0 radical (unpaired) electrons. The highest BCUT2D eigenvalue weighted by atomic mass is 16.4. The fourth-order valence-electron chi connectivity index (χ4n) is 2.26. The maximum absolute atomic E-state index is 12.3. The number of hydrogen-bond acceptors (Lipinski definition) is 7. The van der Waals surface area contributed by atoms with Crippen LogP contribution in [0.1, 0.15) is 23.0 Å². The van der Waals surface area contributed by atoms with E-state index in [0.717, 1.165) is 0 Å². The van der Waals surface area contributed by atoms with Gasteiger partial charge in [0.25, 0.3) is 5.56 Å². The molecule has 2 N–H and O–H groups in total. The number of nitrogens with one attached hydrogen (secondary N) is 2. The molecule has 0 spiro atoms. The van der Waals surface area contributed by atoms with Gasteiger partial charge in [-0.15, -0.1) is 10.2 Å². The summed E-state index contributed by atoms with van der Waals surface area (Å²) in [4.78, 5) is 35.4. The van der Waals surface area contributed by atoms with Gasteiger partial charge in [-0.2, -0.15) is 0 Å². The fourth-order valence-corrected chi connectivity index (χ4v) is 2.26. The Bertz CT molecular complexity index is 948. The predicted octanol–water partition coefficient (Wildman–Crippen LogP) is 0.691. The van der Waals surface area contributed by atoms with Gasteiger partial charge in [0.15, 0.2) is 0 Å². The van der Waals surface area contributed by atoms with Crippen molar-refractivity contribution in [1.29, 1.82) is 0 Å². The minimum absolute atomic E-state index is 0.0887. The van der Waals surface area contributed by atoms with Crippen LogP contribution in [0.2, 0.25) is 0 Å². The zero-order valence-electron chi connectivity index (χ0n) is 13.7. The van der Waals surface area contributed by atoms with Crippen molar-refractivity contribution in [3.05, 3.63) is 57.9 Å². The zero-order valence-corrected chi connectivity index (χ0v) is 13.7. The van der Waals surface area contributed by atoms with Crippen LogP contribution in [-0.4, -0.2) is 31.1 Å². The van der Waals surface area contributed by atoms with Crippen molar-refractivity contribution in [1.82, 2.24) is 30.5 Å². The molecule has 3 aromatic rings. The Kier molecular flexibility index (Phi) is 4.64. The number of carbonyl (C=O) groups is 1. The first-order valence-corrected chi connectivity index (χ1v) is 7.59. The van der Waals surface area contributed by atoms with E-state index < -0.39 is 0 Å². The molecule has 0 fully saturated rings. The van der Waals surface area contributed by atoms with Crippen molar-refractivity contribution >= 4 is 5.91 Å². The summed E-state index contributed by atoms with van der Waals surface area (Å²) in [6, 6.07) is 3.55. The summed E-state index contributed by atoms with van der Waals surface area (Å²) in [6.45, 7) is 3.47.